The van der Waals surface area contributed by atoms with Crippen LogP contribution < -0.4 is 0 Å². The topological polar surface area (TPSA) is 192 Å². The number of carboxylic acid groups (broad SMARTS) is 1. The zero-order valence-electron chi connectivity index (χ0n) is 21.9. The minimum absolute atomic E-state index is 0.00596. The first-order chi connectivity index (χ1) is 17.9. The predicted molar refractivity (Wildman–Crippen MR) is 130 cm³/mol. The zero-order chi connectivity index (χ0) is 28.2. The van der Waals surface area contributed by atoms with E-state index in [9.17, 15) is 35.1 Å². The van der Waals surface area contributed by atoms with Crippen molar-refractivity contribution >= 4 is 11.9 Å². The molecule has 10 atom stereocenters. The van der Waals surface area contributed by atoms with E-state index in [0.29, 0.717) is 37.2 Å². The second kappa shape index (κ2) is 12.9. The van der Waals surface area contributed by atoms with Crippen molar-refractivity contribution < 1.29 is 59.2 Å². The maximum Gasteiger partial charge on any atom is 0.334 e. The summed E-state index contributed by atoms with van der Waals surface area (Å²) < 4.78 is 22.8. The largest absolute Gasteiger partial charge is 0.478 e. The Morgan fingerprint density at radius 1 is 1.16 bits per heavy atom. The van der Waals surface area contributed by atoms with E-state index >= 15 is 0 Å². The van der Waals surface area contributed by atoms with Crippen LogP contribution >= 0.6 is 0 Å². The van der Waals surface area contributed by atoms with Crippen LogP contribution in [0.25, 0.3) is 0 Å². The van der Waals surface area contributed by atoms with E-state index in [1.165, 1.54) is 0 Å². The molecule has 0 aromatic rings. The van der Waals surface area contributed by atoms with Crippen molar-refractivity contribution in [3.8, 4) is 0 Å². The lowest BCUT2D eigenvalue weighted by atomic mass is 9.81. The highest BCUT2D eigenvalue weighted by Crippen LogP contribution is 2.51. The molecule has 38 heavy (non-hydrogen) atoms. The van der Waals surface area contributed by atoms with Crippen LogP contribution in [0.15, 0.2) is 23.5 Å². The number of hydrogen-bond acceptors (Lipinski definition) is 11. The maximum atomic E-state index is 13.0. The third-order valence-corrected chi connectivity index (χ3v) is 7.86. The van der Waals surface area contributed by atoms with E-state index in [1.54, 1.807) is 19.9 Å². The van der Waals surface area contributed by atoms with Crippen LogP contribution in [0.5, 0.6) is 0 Å². The predicted octanol–water partition coefficient (Wildman–Crippen LogP) is 0.201. The Kier molecular flexibility index (Phi) is 10.3. The number of fused-ring (bicyclic) bond motifs is 1. The number of carbonyl (C=O) groups excluding carboxylic acids is 1. The van der Waals surface area contributed by atoms with Gasteiger partial charge in [0, 0.05) is 18.1 Å². The highest BCUT2D eigenvalue weighted by Gasteiger charge is 2.58. The first-order valence-corrected chi connectivity index (χ1v) is 13.0. The molecule has 0 aromatic heterocycles. The van der Waals surface area contributed by atoms with Crippen molar-refractivity contribution in [2.75, 3.05) is 13.2 Å². The van der Waals surface area contributed by atoms with Crippen molar-refractivity contribution in [2.24, 2.45) is 17.8 Å². The van der Waals surface area contributed by atoms with Crippen LogP contribution in [0.1, 0.15) is 52.9 Å². The zero-order valence-corrected chi connectivity index (χ0v) is 21.9. The quantitative estimate of drug-likeness (QED) is 0.153. The van der Waals surface area contributed by atoms with Crippen LogP contribution in [0, 0.1) is 17.8 Å². The molecular weight excluding hydrogens is 504 g/mol. The second-order valence-corrected chi connectivity index (χ2v) is 10.7. The molecule has 0 spiro atoms. The van der Waals surface area contributed by atoms with Gasteiger partial charge in [-0.05, 0) is 51.9 Å². The normalized spacial score (nSPS) is 38.1. The SMILES string of the molecule is C/C(=C\CC[C@@H](C)CCO)C(=O)O[C@@]1(C)CC[C@@H]2C(C(=O)O)=CO[C@@H](O[C@H]3O[C@@H](CO)[C@H](O)[C@@H](O)[C@@H]3O)[C@@H]21. The highest BCUT2D eigenvalue weighted by molar-refractivity contribution is 5.88. The Labute approximate surface area is 221 Å². The van der Waals surface area contributed by atoms with Crippen LogP contribution in [0.2, 0.25) is 0 Å². The van der Waals surface area contributed by atoms with Gasteiger partial charge in [0.25, 0.3) is 0 Å². The van der Waals surface area contributed by atoms with Crippen molar-refractivity contribution in [3.63, 3.8) is 0 Å². The van der Waals surface area contributed by atoms with Gasteiger partial charge in [0.05, 0.1) is 24.4 Å². The monoisotopic (exact) mass is 544 g/mol. The van der Waals surface area contributed by atoms with E-state index < -0.39 is 73.0 Å². The van der Waals surface area contributed by atoms with Crippen LogP contribution in [-0.2, 0) is 28.5 Å². The minimum Gasteiger partial charge on any atom is -0.478 e. The third-order valence-electron chi connectivity index (χ3n) is 7.86. The van der Waals surface area contributed by atoms with Crippen molar-refractivity contribution in [1.82, 2.24) is 0 Å². The number of allylic oxidation sites excluding steroid dienone is 1. The summed E-state index contributed by atoms with van der Waals surface area (Å²) in [6, 6.07) is 0. The number of hydrogen-bond donors (Lipinski definition) is 6. The van der Waals surface area contributed by atoms with Gasteiger partial charge in [-0.1, -0.05) is 13.0 Å². The molecule has 2 heterocycles. The summed E-state index contributed by atoms with van der Waals surface area (Å²) in [4.78, 5) is 24.9. The summed E-state index contributed by atoms with van der Waals surface area (Å²) in [5, 5.41) is 58.8. The molecule has 2 fully saturated rings. The standard InChI is InChI=1S/C26H40O12/c1-13(8-10-27)5-4-6-14(2)23(34)38-26(3)9-7-15-16(22(32)33)12-35-24(18(15)26)37-25-21(31)20(30)19(29)17(11-28)36-25/h6,12-13,15,17-21,24-25,27-31H,4-5,7-11H2,1-3H3,(H,32,33)/b14-6+/t13-,15-,17+,18-,19+,20-,21+,24+,25-,26+/m1/s1. The molecule has 3 aliphatic rings. The average molecular weight is 545 g/mol. The lowest BCUT2D eigenvalue weighted by molar-refractivity contribution is -0.346. The molecule has 3 rings (SSSR count). The second-order valence-electron chi connectivity index (χ2n) is 10.7. The Morgan fingerprint density at radius 3 is 2.50 bits per heavy atom. The fourth-order valence-electron chi connectivity index (χ4n) is 5.43. The molecule has 6 N–H and O–H groups in total. The maximum absolute atomic E-state index is 13.0. The first-order valence-electron chi connectivity index (χ1n) is 13.0. The molecule has 0 unspecified atom stereocenters. The van der Waals surface area contributed by atoms with E-state index in [0.717, 1.165) is 12.7 Å². The lowest BCUT2D eigenvalue weighted by Gasteiger charge is -2.44. The number of rotatable bonds is 11. The first kappa shape index (κ1) is 30.5. The molecule has 1 saturated carbocycles. The van der Waals surface area contributed by atoms with Gasteiger partial charge in [0.15, 0.2) is 6.29 Å². The van der Waals surface area contributed by atoms with Crippen molar-refractivity contribution in [1.29, 1.82) is 0 Å². The summed E-state index contributed by atoms with van der Waals surface area (Å²) in [5.41, 5.74) is -0.814. The Balaban J connectivity index is 1.79. The van der Waals surface area contributed by atoms with Gasteiger partial charge in [0.1, 0.15) is 30.0 Å². The highest BCUT2D eigenvalue weighted by atomic mass is 16.8. The van der Waals surface area contributed by atoms with Gasteiger partial charge in [0.2, 0.25) is 6.29 Å². The number of ether oxygens (including phenoxy) is 4. The number of aliphatic hydroxyl groups excluding tert-OH is 5. The molecule has 1 aliphatic carbocycles. The molecule has 1 saturated heterocycles. The van der Waals surface area contributed by atoms with Gasteiger partial charge >= 0.3 is 11.9 Å². The number of esters is 1. The van der Waals surface area contributed by atoms with Crippen LogP contribution in [0.3, 0.4) is 0 Å². The summed E-state index contributed by atoms with van der Waals surface area (Å²) >= 11 is 0. The molecule has 216 valence electrons. The van der Waals surface area contributed by atoms with Gasteiger partial charge in [-0.3, -0.25) is 0 Å². The summed E-state index contributed by atoms with van der Waals surface area (Å²) in [7, 11) is 0. The molecule has 12 heteroatoms. The summed E-state index contributed by atoms with van der Waals surface area (Å²) in [6.07, 6.45) is -3.27. The fraction of sp³-hybridized carbons (Fsp3) is 0.769. The number of carbonyl (C=O) groups is 2. The van der Waals surface area contributed by atoms with Crippen molar-refractivity contribution in [3.05, 3.63) is 23.5 Å². The smallest absolute Gasteiger partial charge is 0.334 e. The molecule has 12 nitrogen and oxygen atoms in total. The summed E-state index contributed by atoms with van der Waals surface area (Å²) in [5.74, 6) is -2.85. The molecule has 0 amide bonds. The van der Waals surface area contributed by atoms with Crippen molar-refractivity contribution in [2.45, 2.75) is 95.5 Å². The van der Waals surface area contributed by atoms with Crippen LogP contribution in [0.4, 0.5) is 0 Å². The molecule has 0 bridgehead atoms. The van der Waals surface area contributed by atoms with E-state index in [4.69, 9.17) is 24.1 Å². The Morgan fingerprint density at radius 2 is 1.87 bits per heavy atom. The van der Waals surface area contributed by atoms with Gasteiger partial charge in [-0.2, -0.15) is 0 Å². The summed E-state index contributed by atoms with van der Waals surface area (Å²) in [6.45, 7) is 4.78. The molecule has 0 radical (unpaired) electrons. The van der Waals surface area contributed by atoms with E-state index in [-0.39, 0.29) is 12.2 Å². The number of carboxylic acids is 1. The molecule has 2 aliphatic heterocycles. The molecular formula is C26H40O12. The van der Waals surface area contributed by atoms with Crippen LogP contribution in [-0.4, -0.2) is 98.4 Å². The van der Waals surface area contributed by atoms with E-state index in [2.05, 4.69) is 0 Å². The average Bonchev–Trinajstić information content (AvgIpc) is 3.21. The Hall–Kier alpha value is -2.06. The van der Waals surface area contributed by atoms with E-state index in [1.807, 2.05) is 6.92 Å². The third kappa shape index (κ3) is 6.56. The Bertz CT molecular complexity index is 901. The van der Waals surface area contributed by atoms with Gasteiger partial charge < -0.3 is 49.6 Å². The lowest BCUT2D eigenvalue weighted by Crippen LogP contribution is -2.61. The molecule has 0 aromatic carbocycles. The number of aliphatic carboxylic acids is 1. The minimum atomic E-state index is -1.69. The van der Waals surface area contributed by atoms with Gasteiger partial charge in [-0.15, -0.1) is 0 Å². The fourth-order valence-corrected chi connectivity index (χ4v) is 5.43. The number of aliphatic hydroxyl groups is 5. The van der Waals surface area contributed by atoms with Gasteiger partial charge in [-0.25, -0.2) is 9.59 Å².